The van der Waals surface area contributed by atoms with E-state index < -0.39 is 66.9 Å². The molecule has 2 aromatic rings. The van der Waals surface area contributed by atoms with Gasteiger partial charge < -0.3 is 34.1 Å². The van der Waals surface area contributed by atoms with Gasteiger partial charge in [0.25, 0.3) is 5.91 Å². The third kappa shape index (κ3) is 8.56. The Hall–Kier alpha value is -4.45. The maximum Gasteiger partial charge on any atom is 0.303 e. The van der Waals surface area contributed by atoms with Gasteiger partial charge in [0.2, 0.25) is 6.29 Å². The zero-order valence-electron chi connectivity index (χ0n) is 25.8. The van der Waals surface area contributed by atoms with Crippen molar-refractivity contribution in [3.8, 4) is 16.9 Å². The summed E-state index contributed by atoms with van der Waals surface area (Å²) >= 11 is 0. The van der Waals surface area contributed by atoms with Gasteiger partial charge in [-0.25, -0.2) is 0 Å². The number of ether oxygens (including phenoxy) is 5. The van der Waals surface area contributed by atoms with Crippen LogP contribution in [0.2, 0.25) is 0 Å². The third-order valence-electron chi connectivity index (χ3n) is 7.13. The molecule has 12 nitrogen and oxygen atoms in total. The molecule has 0 bridgehead atoms. The molecule has 1 aliphatic heterocycles. The smallest absolute Gasteiger partial charge is 0.303 e. The second-order valence-electron chi connectivity index (χ2n) is 11.0. The molecule has 1 heterocycles. The first kappa shape index (κ1) is 34.0. The standard InChI is InChI=1S/C32H39NO11/c1-16(2)27(40-18(4)34)30-28(41-19(5)35)24(15-26(37)38)29(42-20(6)36)32(44-30)43-25-12-11-22(13-17(25)3)21-9-8-10-23(14-21)31(39)33-7/h8-14,16,24,27-30,32H,15H2,1-7H3,(H,33,39)(H,37,38)/t24-,27-,28+,29-,30-,32-/m0/s1. The second-order valence-corrected chi connectivity index (χ2v) is 11.0. The van der Waals surface area contributed by atoms with E-state index in [4.69, 9.17) is 23.7 Å². The van der Waals surface area contributed by atoms with Gasteiger partial charge in [-0.15, -0.1) is 0 Å². The number of nitrogens with one attached hydrogen (secondary N) is 1. The van der Waals surface area contributed by atoms with Gasteiger partial charge in [-0.2, -0.15) is 0 Å². The lowest BCUT2D eigenvalue weighted by Crippen LogP contribution is -2.62. The van der Waals surface area contributed by atoms with Gasteiger partial charge in [-0.05, 0) is 53.8 Å². The number of carboxylic acid groups (broad SMARTS) is 1. The predicted octanol–water partition coefficient (Wildman–Crippen LogP) is 3.67. The van der Waals surface area contributed by atoms with Crippen LogP contribution in [0.15, 0.2) is 42.5 Å². The molecule has 0 unspecified atom stereocenters. The van der Waals surface area contributed by atoms with Gasteiger partial charge >= 0.3 is 23.9 Å². The first-order valence-electron chi connectivity index (χ1n) is 14.2. The van der Waals surface area contributed by atoms with Gasteiger partial charge in [0.15, 0.2) is 6.10 Å². The Kier molecular flexibility index (Phi) is 11.5. The molecular formula is C32H39NO11. The largest absolute Gasteiger partial charge is 0.481 e. The molecular weight excluding hydrogens is 574 g/mol. The van der Waals surface area contributed by atoms with E-state index >= 15 is 0 Å². The Morgan fingerprint density at radius 3 is 2.09 bits per heavy atom. The fourth-order valence-corrected chi connectivity index (χ4v) is 5.26. The maximum atomic E-state index is 12.2. The molecule has 6 atom stereocenters. The molecule has 0 aromatic heterocycles. The number of hydrogen-bond donors (Lipinski definition) is 2. The molecule has 2 aromatic carbocycles. The predicted molar refractivity (Wildman–Crippen MR) is 157 cm³/mol. The van der Waals surface area contributed by atoms with Crippen molar-refractivity contribution in [2.75, 3.05) is 7.05 Å². The number of carbonyl (C=O) groups is 5. The molecule has 12 heteroatoms. The van der Waals surface area contributed by atoms with Crippen LogP contribution in [0.5, 0.6) is 5.75 Å². The summed E-state index contributed by atoms with van der Waals surface area (Å²) in [5, 5.41) is 12.4. The summed E-state index contributed by atoms with van der Waals surface area (Å²) in [5.74, 6) is -4.65. The minimum absolute atomic E-state index is 0.222. The van der Waals surface area contributed by atoms with E-state index in [2.05, 4.69) is 5.32 Å². The lowest BCUT2D eigenvalue weighted by Gasteiger charge is -2.47. The summed E-state index contributed by atoms with van der Waals surface area (Å²) in [6.07, 6.45) is -6.61. The van der Waals surface area contributed by atoms with Gasteiger partial charge in [0.1, 0.15) is 24.1 Å². The molecule has 0 spiro atoms. The number of aryl methyl sites for hydroxylation is 1. The molecule has 238 valence electrons. The zero-order chi connectivity index (χ0) is 32.7. The number of rotatable bonds is 11. The highest BCUT2D eigenvalue weighted by atomic mass is 16.7. The summed E-state index contributed by atoms with van der Waals surface area (Å²) in [6, 6.07) is 12.4. The first-order valence-corrected chi connectivity index (χ1v) is 14.2. The van der Waals surface area contributed by atoms with E-state index in [0.717, 1.165) is 25.0 Å². The highest BCUT2D eigenvalue weighted by Crippen LogP contribution is 2.38. The lowest BCUT2D eigenvalue weighted by molar-refractivity contribution is -0.287. The number of benzene rings is 2. The Labute approximate surface area is 256 Å². The number of carbonyl (C=O) groups excluding carboxylic acids is 4. The maximum absolute atomic E-state index is 12.2. The van der Waals surface area contributed by atoms with Crippen molar-refractivity contribution in [2.45, 2.75) is 78.7 Å². The second kappa shape index (κ2) is 14.8. The number of hydrogen-bond acceptors (Lipinski definition) is 10. The van der Waals surface area contributed by atoms with Crippen LogP contribution in [-0.4, -0.2) is 72.6 Å². The number of amides is 1. The molecule has 0 radical (unpaired) electrons. The van der Waals surface area contributed by atoms with Crippen molar-refractivity contribution in [3.05, 3.63) is 53.6 Å². The average molecular weight is 614 g/mol. The summed E-state index contributed by atoms with van der Waals surface area (Å²) in [4.78, 5) is 60.6. The van der Waals surface area contributed by atoms with E-state index in [-0.39, 0.29) is 11.8 Å². The fourth-order valence-electron chi connectivity index (χ4n) is 5.26. The fraction of sp³-hybridized carbons (Fsp3) is 0.469. The van der Waals surface area contributed by atoms with Crippen molar-refractivity contribution in [1.29, 1.82) is 0 Å². The van der Waals surface area contributed by atoms with Crippen LogP contribution >= 0.6 is 0 Å². The molecule has 2 N–H and O–H groups in total. The van der Waals surface area contributed by atoms with Crippen LogP contribution in [0.1, 0.15) is 57.0 Å². The topological polar surface area (TPSA) is 164 Å². The van der Waals surface area contributed by atoms with Crippen LogP contribution in [0.25, 0.3) is 11.1 Å². The Morgan fingerprint density at radius 2 is 1.55 bits per heavy atom. The highest BCUT2D eigenvalue weighted by molar-refractivity contribution is 5.95. The van der Waals surface area contributed by atoms with E-state index in [0.29, 0.717) is 16.9 Å². The van der Waals surface area contributed by atoms with Crippen LogP contribution < -0.4 is 10.1 Å². The van der Waals surface area contributed by atoms with Crippen molar-refractivity contribution in [1.82, 2.24) is 5.32 Å². The first-order chi connectivity index (χ1) is 20.7. The molecule has 3 rings (SSSR count). The molecule has 0 aliphatic carbocycles. The Morgan fingerprint density at radius 1 is 0.909 bits per heavy atom. The van der Waals surface area contributed by atoms with Gasteiger partial charge in [-0.1, -0.05) is 32.0 Å². The lowest BCUT2D eigenvalue weighted by atomic mass is 9.82. The molecule has 1 fully saturated rings. The van der Waals surface area contributed by atoms with Crippen LogP contribution in [0, 0.1) is 18.8 Å². The molecule has 1 amide bonds. The third-order valence-corrected chi connectivity index (χ3v) is 7.13. The molecule has 0 saturated carbocycles. The van der Waals surface area contributed by atoms with Crippen molar-refractivity contribution in [2.24, 2.45) is 11.8 Å². The molecule has 1 saturated heterocycles. The van der Waals surface area contributed by atoms with Crippen molar-refractivity contribution < 1.29 is 52.8 Å². The van der Waals surface area contributed by atoms with Crippen molar-refractivity contribution in [3.63, 3.8) is 0 Å². The van der Waals surface area contributed by atoms with E-state index in [9.17, 15) is 29.1 Å². The summed E-state index contributed by atoms with van der Waals surface area (Å²) in [6.45, 7) is 8.86. The monoisotopic (exact) mass is 613 g/mol. The van der Waals surface area contributed by atoms with E-state index in [1.54, 1.807) is 58.2 Å². The number of aliphatic carboxylic acids is 1. The highest BCUT2D eigenvalue weighted by Gasteiger charge is 2.55. The summed E-state index contributed by atoms with van der Waals surface area (Å²) < 4.78 is 29.2. The number of esters is 3. The van der Waals surface area contributed by atoms with Crippen LogP contribution in [0.4, 0.5) is 0 Å². The van der Waals surface area contributed by atoms with Gasteiger partial charge in [0.05, 0.1) is 12.3 Å². The normalized spacial score (nSPS) is 22.0. The minimum atomic E-state index is -1.36. The molecule has 1 aliphatic rings. The average Bonchev–Trinajstić information content (AvgIpc) is 2.94. The quantitative estimate of drug-likeness (QED) is 0.281. The van der Waals surface area contributed by atoms with Crippen LogP contribution in [0.3, 0.4) is 0 Å². The SMILES string of the molecule is CNC(=O)c1cccc(-c2ccc(O[C@H]3O[C@@H]([C@@H](OC(C)=O)C(C)C)[C@H](OC(C)=O)[C@H](CC(=O)O)[C@@H]3OC(C)=O)c(C)c2)c1. The van der Waals surface area contributed by atoms with Crippen LogP contribution in [-0.2, 0) is 38.1 Å². The van der Waals surface area contributed by atoms with Gasteiger partial charge in [-0.3, -0.25) is 24.0 Å². The number of carboxylic acids is 1. The Balaban J connectivity index is 2.07. The zero-order valence-corrected chi connectivity index (χ0v) is 25.8. The molecule has 44 heavy (non-hydrogen) atoms. The summed E-state index contributed by atoms with van der Waals surface area (Å²) in [5.41, 5.74) is 2.74. The van der Waals surface area contributed by atoms with E-state index in [1.165, 1.54) is 6.92 Å². The minimum Gasteiger partial charge on any atom is -0.481 e. The Bertz CT molecular complexity index is 1390. The van der Waals surface area contributed by atoms with E-state index in [1.807, 2.05) is 12.1 Å². The van der Waals surface area contributed by atoms with Gasteiger partial charge in [0, 0.05) is 33.4 Å². The van der Waals surface area contributed by atoms with Crippen molar-refractivity contribution >= 4 is 29.8 Å². The summed E-state index contributed by atoms with van der Waals surface area (Å²) in [7, 11) is 1.55.